The molecule has 0 spiro atoms. The lowest BCUT2D eigenvalue weighted by Gasteiger charge is -2.35. The largest absolute Gasteiger partial charge is 0.478 e. The van der Waals surface area contributed by atoms with Gasteiger partial charge in [0.05, 0.1) is 12.0 Å². The van der Waals surface area contributed by atoms with E-state index < -0.39 is 5.97 Å². The minimum Gasteiger partial charge on any atom is -0.478 e. The molecule has 0 atom stereocenters. The molecule has 1 heterocycles. The number of hydrogen-bond donors (Lipinski definition) is 1. The zero-order chi connectivity index (χ0) is 19.4. The van der Waals surface area contributed by atoms with Gasteiger partial charge in [-0.1, -0.05) is 29.8 Å². The van der Waals surface area contributed by atoms with Crippen LogP contribution in [0.3, 0.4) is 0 Å². The number of hydrogen-bond acceptors (Lipinski definition) is 3. The van der Waals surface area contributed by atoms with Gasteiger partial charge in [0.2, 0.25) is 5.91 Å². The molecule has 0 aromatic heterocycles. The SMILES string of the molecule is Cc1ccc(C(=O)N2CCN(C(=O)Cc3ccc(C(=O)O)cc3)CC2)cc1. The molecule has 1 aliphatic heterocycles. The Labute approximate surface area is 158 Å². The smallest absolute Gasteiger partial charge is 0.335 e. The third-order valence-electron chi connectivity index (χ3n) is 4.77. The number of nitrogens with zero attached hydrogens (tertiary/aromatic N) is 2. The molecular formula is C21H22N2O4. The fourth-order valence-corrected chi connectivity index (χ4v) is 3.09. The molecule has 0 saturated carbocycles. The molecule has 0 unspecified atom stereocenters. The molecule has 27 heavy (non-hydrogen) atoms. The lowest BCUT2D eigenvalue weighted by atomic mass is 10.1. The van der Waals surface area contributed by atoms with E-state index in [0.29, 0.717) is 31.7 Å². The van der Waals surface area contributed by atoms with Crippen molar-refractivity contribution in [3.63, 3.8) is 0 Å². The Morgan fingerprint density at radius 3 is 1.89 bits per heavy atom. The molecule has 0 radical (unpaired) electrons. The maximum absolute atomic E-state index is 12.5. The van der Waals surface area contributed by atoms with Gasteiger partial charge in [0.1, 0.15) is 0 Å². The first-order chi connectivity index (χ1) is 12.9. The summed E-state index contributed by atoms with van der Waals surface area (Å²) in [4.78, 5) is 39.4. The van der Waals surface area contributed by atoms with Crippen molar-refractivity contribution >= 4 is 17.8 Å². The van der Waals surface area contributed by atoms with Crippen molar-refractivity contribution in [2.24, 2.45) is 0 Å². The van der Waals surface area contributed by atoms with E-state index in [1.165, 1.54) is 12.1 Å². The third-order valence-corrected chi connectivity index (χ3v) is 4.77. The van der Waals surface area contributed by atoms with Gasteiger partial charge in [-0.2, -0.15) is 0 Å². The first-order valence-corrected chi connectivity index (χ1v) is 8.90. The van der Waals surface area contributed by atoms with Crippen LogP contribution < -0.4 is 0 Å². The molecular weight excluding hydrogens is 344 g/mol. The number of aromatic carboxylic acids is 1. The summed E-state index contributed by atoms with van der Waals surface area (Å²) < 4.78 is 0. The van der Waals surface area contributed by atoms with E-state index in [2.05, 4.69) is 0 Å². The fraction of sp³-hybridized carbons (Fsp3) is 0.286. The summed E-state index contributed by atoms with van der Waals surface area (Å²) in [5.74, 6) is -1.01. The maximum atomic E-state index is 12.5. The predicted molar refractivity (Wildman–Crippen MR) is 101 cm³/mol. The molecule has 6 heteroatoms. The average Bonchev–Trinajstić information content (AvgIpc) is 2.68. The number of carbonyl (C=O) groups is 3. The summed E-state index contributed by atoms with van der Waals surface area (Å²) in [6.07, 6.45) is 0.228. The highest BCUT2D eigenvalue weighted by atomic mass is 16.4. The van der Waals surface area contributed by atoms with Gasteiger partial charge in [0.25, 0.3) is 5.91 Å². The minimum atomic E-state index is -0.984. The monoisotopic (exact) mass is 366 g/mol. The molecule has 2 aromatic rings. The average molecular weight is 366 g/mol. The van der Waals surface area contributed by atoms with Crippen LogP contribution in [-0.4, -0.2) is 58.9 Å². The number of carboxylic acids is 1. The van der Waals surface area contributed by atoms with Crippen LogP contribution in [0.5, 0.6) is 0 Å². The molecule has 6 nitrogen and oxygen atoms in total. The second-order valence-electron chi connectivity index (χ2n) is 6.72. The van der Waals surface area contributed by atoms with Crippen molar-refractivity contribution in [2.45, 2.75) is 13.3 Å². The Bertz CT molecular complexity index is 835. The fourth-order valence-electron chi connectivity index (χ4n) is 3.09. The Morgan fingerprint density at radius 1 is 0.815 bits per heavy atom. The molecule has 2 aromatic carbocycles. The minimum absolute atomic E-state index is 0.00800. The van der Waals surface area contributed by atoms with E-state index >= 15 is 0 Å². The highest BCUT2D eigenvalue weighted by molar-refractivity contribution is 5.94. The quantitative estimate of drug-likeness (QED) is 0.900. The topological polar surface area (TPSA) is 77.9 Å². The van der Waals surface area contributed by atoms with Gasteiger partial charge in [-0.05, 0) is 36.8 Å². The molecule has 1 aliphatic rings. The highest BCUT2D eigenvalue weighted by Crippen LogP contribution is 2.12. The van der Waals surface area contributed by atoms with Gasteiger partial charge in [0.15, 0.2) is 0 Å². The van der Waals surface area contributed by atoms with E-state index in [4.69, 9.17) is 5.11 Å². The number of carboxylic acid groups (broad SMARTS) is 1. The van der Waals surface area contributed by atoms with Gasteiger partial charge < -0.3 is 14.9 Å². The predicted octanol–water partition coefficient (Wildman–Crippen LogP) is 2.22. The molecule has 2 amide bonds. The highest BCUT2D eigenvalue weighted by Gasteiger charge is 2.24. The Morgan fingerprint density at radius 2 is 1.33 bits per heavy atom. The zero-order valence-corrected chi connectivity index (χ0v) is 15.2. The van der Waals surface area contributed by atoms with Gasteiger partial charge in [-0.3, -0.25) is 9.59 Å². The first-order valence-electron chi connectivity index (χ1n) is 8.90. The van der Waals surface area contributed by atoms with Crippen LogP contribution in [-0.2, 0) is 11.2 Å². The number of rotatable bonds is 4. The number of aryl methyl sites for hydroxylation is 1. The van der Waals surface area contributed by atoms with Crippen molar-refractivity contribution in [3.8, 4) is 0 Å². The normalized spacial score (nSPS) is 14.1. The number of piperazine rings is 1. The lowest BCUT2D eigenvalue weighted by Crippen LogP contribution is -2.51. The van der Waals surface area contributed by atoms with Gasteiger partial charge in [-0.25, -0.2) is 4.79 Å². The molecule has 1 saturated heterocycles. The van der Waals surface area contributed by atoms with Crippen molar-refractivity contribution in [1.29, 1.82) is 0 Å². The van der Waals surface area contributed by atoms with E-state index in [-0.39, 0.29) is 23.8 Å². The number of amides is 2. The summed E-state index contributed by atoms with van der Waals surface area (Å²) in [7, 11) is 0. The number of benzene rings is 2. The standard InChI is InChI=1S/C21H22N2O4/c1-15-2-6-17(7-3-15)20(25)23-12-10-22(11-13-23)19(24)14-16-4-8-18(9-5-16)21(26)27/h2-9H,10-14H2,1H3,(H,26,27). The Balaban J connectivity index is 1.53. The van der Waals surface area contributed by atoms with E-state index in [1.54, 1.807) is 21.9 Å². The molecule has 0 aliphatic carbocycles. The summed E-state index contributed by atoms with van der Waals surface area (Å²) in [5, 5.41) is 8.92. The summed E-state index contributed by atoms with van der Waals surface area (Å²) in [6, 6.07) is 13.8. The van der Waals surface area contributed by atoms with Crippen LogP contribution in [0.4, 0.5) is 0 Å². The second-order valence-corrected chi connectivity index (χ2v) is 6.72. The van der Waals surface area contributed by atoms with Gasteiger partial charge in [0, 0.05) is 31.7 Å². The van der Waals surface area contributed by atoms with Crippen LogP contribution >= 0.6 is 0 Å². The molecule has 3 rings (SSSR count). The van der Waals surface area contributed by atoms with E-state index in [1.807, 2.05) is 31.2 Å². The van der Waals surface area contributed by atoms with E-state index in [0.717, 1.165) is 11.1 Å². The van der Waals surface area contributed by atoms with Crippen LogP contribution in [0.2, 0.25) is 0 Å². The van der Waals surface area contributed by atoms with Crippen molar-refractivity contribution in [2.75, 3.05) is 26.2 Å². The summed E-state index contributed by atoms with van der Waals surface area (Å²) in [6.45, 7) is 4.01. The van der Waals surface area contributed by atoms with Crippen LogP contribution in [0.15, 0.2) is 48.5 Å². The summed E-state index contributed by atoms with van der Waals surface area (Å²) in [5.41, 5.74) is 2.76. The van der Waals surface area contributed by atoms with Crippen LogP contribution in [0, 0.1) is 6.92 Å². The number of carbonyl (C=O) groups excluding carboxylic acids is 2. The van der Waals surface area contributed by atoms with Crippen LogP contribution in [0.25, 0.3) is 0 Å². The van der Waals surface area contributed by atoms with Gasteiger partial charge in [-0.15, -0.1) is 0 Å². The van der Waals surface area contributed by atoms with E-state index in [9.17, 15) is 14.4 Å². The van der Waals surface area contributed by atoms with Crippen molar-refractivity contribution in [1.82, 2.24) is 9.80 Å². The molecule has 140 valence electrons. The molecule has 0 bridgehead atoms. The third kappa shape index (κ3) is 4.53. The van der Waals surface area contributed by atoms with Crippen molar-refractivity contribution in [3.05, 3.63) is 70.8 Å². The zero-order valence-electron chi connectivity index (χ0n) is 15.2. The maximum Gasteiger partial charge on any atom is 0.335 e. The first kappa shape index (κ1) is 18.6. The van der Waals surface area contributed by atoms with Crippen molar-refractivity contribution < 1.29 is 19.5 Å². The second kappa shape index (κ2) is 8.03. The van der Waals surface area contributed by atoms with Gasteiger partial charge >= 0.3 is 5.97 Å². The molecule has 1 N–H and O–H groups in total. The Hall–Kier alpha value is -3.15. The van der Waals surface area contributed by atoms with Crippen LogP contribution in [0.1, 0.15) is 31.8 Å². The lowest BCUT2D eigenvalue weighted by molar-refractivity contribution is -0.131. The molecule has 1 fully saturated rings. The Kier molecular flexibility index (Phi) is 5.54. The summed E-state index contributed by atoms with van der Waals surface area (Å²) >= 11 is 0.